The van der Waals surface area contributed by atoms with Crippen molar-refractivity contribution in [2.24, 2.45) is 0 Å². The van der Waals surface area contributed by atoms with Gasteiger partial charge in [0.15, 0.2) is 0 Å². The second-order valence-corrected chi connectivity index (χ2v) is 6.50. The van der Waals surface area contributed by atoms with Gasteiger partial charge in [0, 0.05) is 15.7 Å². The Bertz CT molecular complexity index is 443. The normalized spacial score (nSPS) is 18.3. The molecule has 0 bridgehead atoms. The Hall–Kier alpha value is -0.111. The summed E-state index contributed by atoms with van der Waals surface area (Å²) in [7, 11) is 0. The summed E-state index contributed by atoms with van der Waals surface area (Å²) in [5.41, 5.74) is 0.667. The Kier molecular flexibility index (Phi) is 10.4. The maximum atomic E-state index is 8.23. The van der Waals surface area contributed by atoms with E-state index in [0.29, 0.717) is 5.71 Å². The molecule has 23 heavy (non-hydrogen) atoms. The summed E-state index contributed by atoms with van der Waals surface area (Å²) in [5, 5.41) is 8.23. The number of hydrogen-bond acceptors (Lipinski definition) is 2. The van der Waals surface area contributed by atoms with Crippen molar-refractivity contribution < 1.29 is 17.1 Å². The molecule has 2 saturated carbocycles. The number of nitrogens with one attached hydrogen (secondary N) is 1. The summed E-state index contributed by atoms with van der Waals surface area (Å²) in [6, 6.07) is 4.26. The van der Waals surface area contributed by atoms with Crippen LogP contribution >= 0.6 is 11.3 Å². The minimum absolute atomic E-state index is 0. The zero-order valence-electron chi connectivity index (χ0n) is 13.7. The molecule has 0 aromatic carbocycles. The zero-order valence-corrected chi connectivity index (χ0v) is 15.6. The number of aryl methyl sites for hydroxylation is 1. The molecule has 0 atom stereocenters. The molecule has 1 heterocycles. The molecule has 2 aliphatic carbocycles. The van der Waals surface area contributed by atoms with Gasteiger partial charge < -0.3 is 5.41 Å². The third-order valence-electron chi connectivity index (χ3n) is 3.54. The van der Waals surface area contributed by atoms with Crippen LogP contribution < -0.4 is 0 Å². The SMILES string of the molecule is CCCCc1ccc(C(=N)[C]2[CH][CH][CH][C]2C)s1.[CH]1[CH][CH][CH][CH]1.[Fe+2]. The van der Waals surface area contributed by atoms with Crippen LogP contribution in [0.1, 0.15) is 36.4 Å². The van der Waals surface area contributed by atoms with E-state index in [0.717, 1.165) is 17.2 Å². The second kappa shape index (κ2) is 11.4. The number of hydrogen-bond donors (Lipinski definition) is 1. The van der Waals surface area contributed by atoms with Crippen molar-refractivity contribution in [1.29, 1.82) is 5.41 Å². The summed E-state index contributed by atoms with van der Waals surface area (Å²) in [4.78, 5) is 2.49. The fraction of sp³-hybridized carbons (Fsp3) is 0.250. The third-order valence-corrected chi connectivity index (χ3v) is 4.71. The second-order valence-electron chi connectivity index (χ2n) is 5.33. The van der Waals surface area contributed by atoms with Crippen LogP contribution in [-0.4, -0.2) is 5.71 Å². The standard InChI is InChI=1S/C15H18NS.C5H5.Fe/c1-3-4-7-12-9-10-14(17-12)15(16)13-8-5-6-11(13)2;1-2-4-5-3-1;/h5-6,8-10,16H,3-4,7H2,1-2H3;1-5H;/q;;+2. The van der Waals surface area contributed by atoms with Crippen LogP contribution in [0.4, 0.5) is 0 Å². The molecule has 1 N–H and O–H groups in total. The van der Waals surface area contributed by atoms with Gasteiger partial charge >= 0.3 is 17.1 Å². The quantitative estimate of drug-likeness (QED) is 0.543. The molecule has 1 nitrogen and oxygen atoms in total. The van der Waals surface area contributed by atoms with Crippen molar-refractivity contribution in [3.05, 3.63) is 85.1 Å². The smallest absolute Gasteiger partial charge is 0.303 e. The van der Waals surface area contributed by atoms with Crippen molar-refractivity contribution in [2.45, 2.75) is 33.1 Å². The van der Waals surface area contributed by atoms with Crippen molar-refractivity contribution in [3.8, 4) is 0 Å². The van der Waals surface area contributed by atoms with Crippen LogP contribution in [0.5, 0.6) is 0 Å². The Morgan fingerprint density at radius 3 is 2.17 bits per heavy atom. The molecule has 10 radical (unpaired) electrons. The Morgan fingerprint density at radius 1 is 1.00 bits per heavy atom. The fourth-order valence-electron chi connectivity index (χ4n) is 2.24. The van der Waals surface area contributed by atoms with Gasteiger partial charge in [0.25, 0.3) is 0 Å². The van der Waals surface area contributed by atoms with E-state index < -0.39 is 0 Å². The molecular weight excluding hydrogens is 342 g/mol. The summed E-state index contributed by atoms with van der Waals surface area (Å²) >= 11 is 1.76. The average molecular weight is 365 g/mol. The summed E-state index contributed by atoms with van der Waals surface area (Å²) < 4.78 is 0. The van der Waals surface area contributed by atoms with Crippen LogP contribution in [0.2, 0.25) is 0 Å². The van der Waals surface area contributed by atoms with Gasteiger partial charge in [-0.2, -0.15) is 0 Å². The third kappa shape index (κ3) is 6.72. The van der Waals surface area contributed by atoms with Gasteiger partial charge in [-0.3, -0.25) is 0 Å². The van der Waals surface area contributed by atoms with Crippen LogP contribution in [0.3, 0.4) is 0 Å². The molecule has 2 aliphatic rings. The predicted octanol–water partition coefficient (Wildman–Crippen LogP) is 5.27. The van der Waals surface area contributed by atoms with Gasteiger partial charge in [-0.1, -0.05) is 20.3 Å². The molecule has 0 spiro atoms. The van der Waals surface area contributed by atoms with Crippen molar-refractivity contribution in [2.75, 3.05) is 0 Å². The fourth-order valence-corrected chi connectivity index (χ4v) is 3.25. The molecule has 3 rings (SSSR count). The Balaban J connectivity index is 0.000000377. The maximum absolute atomic E-state index is 8.23. The van der Waals surface area contributed by atoms with E-state index in [1.165, 1.54) is 23.6 Å². The molecule has 1 aromatic heterocycles. The minimum Gasteiger partial charge on any atom is -0.303 e. The van der Waals surface area contributed by atoms with E-state index in [1.54, 1.807) is 11.3 Å². The first-order valence-electron chi connectivity index (χ1n) is 7.79. The first kappa shape index (κ1) is 20.9. The first-order chi connectivity index (χ1) is 10.7. The molecule has 0 unspecified atom stereocenters. The number of rotatable bonds is 5. The molecule has 0 saturated heterocycles. The number of unbranched alkanes of at least 4 members (excludes halogenated alkanes) is 1. The maximum Gasteiger partial charge on any atom is 2.00 e. The van der Waals surface area contributed by atoms with Gasteiger partial charge in [0.1, 0.15) is 0 Å². The van der Waals surface area contributed by atoms with E-state index in [-0.39, 0.29) is 17.1 Å². The van der Waals surface area contributed by atoms with Gasteiger partial charge in [0.05, 0.1) is 5.71 Å². The van der Waals surface area contributed by atoms with Crippen molar-refractivity contribution in [3.63, 3.8) is 0 Å². The van der Waals surface area contributed by atoms with E-state index >= 15 is 0 Å². The van der Waals surface area contributed by atoms with Crippen molar-refractivity contribution in [1.82, 2.24) is 0 Å². The van der Waals surface area contributed by atoms with Gasteiger partial charge in [0.2, 0.25) is 0 Å². The molecule has 0 amide bonds. The van der Waals surface area contributed by atoms with Crippen molar-refractivity contribution >= 4 is 17.0 Å². The minimum atomic E-state index is 0. The van der Waals surface area contributed by atoms with E-state index in [2.05, 4.69) is 32.4 Å². The monoisotopic (exact) mass is 365 g/mol. The number of thiophene rings is 1. The summed E-state index contributed by atoms with van der Waals surface area (Å²) in [6.45, 7) is 4.28. The Morgan fingerprint density at radius 2 is 1.65 bits per heavy atom. The van der Waals surface area contributed by atoms with E-state index in [4.69, 9.17) is 5.41 Å². The van der Waals surface area contributed by atoms with Crippen LogP contribution in [-0.2, 0) is 23.5 Å². The topological polar surface area (TPSA) is 23.9 Å². The van der Waals surface area contributed by atoms with Gasteiger partial charge in [-0.15, -0.1) is 11.3 Å². The largest absolute Gasteiger partial charge is 2.00 e. The van der Waals surface area contributed by atoms with E-state index in [9.17, 15) is 0 Å². The molecule has 2 fully saturated rings. The zero-order chi connectivity index (χ0) is 15.8. The van der Waals surface area contributed by atoms with Gasteiger partial charge in [-0.05, 0) is 82.3 Å². The molecule has 3 heteroatoms. The van der Waals surface area contributed by atoms with E-state index in [1.807, 2.05) is 44.9 Å². The predicted molar refractivity (Wildman–Crippen MR) is 96.3 cm³/mol. The molecule has 120 valence electrons. The molecule has 0 aliphatic heterocycles. The van der Waals surface area contributed by atoms with Crippen LogP contribution in [0.25, 0.3) is 0 Å². The van der Waals surface area contributed by atoms with Crippen LogP contribution in [0.15, 0.2) is 12.1 Å². The summed E-state index contributed by atoms with van der Waals surface area (Å²) in [6.07, 6.45) is 19.7. The van der Waals surface area contributed by atoms with Crippen LogP contribution in [0, 0.1) is 68.6 Å². The molecule has 1 aromatic rings. The first-order valence-corrected chi connectivity index (χ1v) is 8.61. The molecular formula is C20H23FeNS+2. The summed E-state index contributed by atoms with van der Waals surface area (Å²) in [5.74, 6) is 2.26. The Labute approximate surface area is 157 Å². The van der Waals surface area contributed by atoms with Gasteiger partial charge in [-0.25, -0.2) is 0 Å². The average Bonchev–Trinajstić information content (AvgIpc) is 3.27.